The molecule has 4 aromatic heterocycles. The summed E-state index contributed by atoms with van der Waals surface area (Å²) in [5, 5.41) is 53.7. The van der Waals surface area contributed by atoms with Gasteiger partial charge in [-0.25, -0.2) is 40.0 Å². The van der Waals surface area contributed by atoms with E-state index in [1.165, 1.54) is 71.6 Å². The number of amides is 2. The van der Waals surface area contributed by atoms with Gasteiger partial charge in [0.15, 0.2) is 24.9 Å². The minimum atomic E-state index is -1.77. The maximum Gasteiger partial charge on any atom is 0.407 e. The Morgan fingerprint density at radius 1 is 0.528 bits per heavy atom. The Bertz CT molecular complexity index is 6340. The number of aliphatic hydroxyl groups is 7. The Labute approximate surface area is 833 Å². The largest absolute Gasteiger partial charge is 0.441 e. The number of ether oxygens (including phenoxy) is 10. The third-order valence-corrected chi connectivity index (χ3v) is 23.9. The van der Waals surface area contributed by atoms with Crippen LogP contribution in [-0.4, -0.2) is 284 Å². The van der Waals surface area contributed by atoms with Crippen LogP contribution in [0.1, 0.15) is 165 Å². The average Bonchev–Trinajstić information content (AvgIpc) is 1.61. The first-order chi connectivity index (χ1) is 71.5. The molecule has 19 atom stereocenters. The number of carbonyl (C=O) groups is 2. The number of aliphatic hydroxyl groups excluding tert-OH is 7. The molecule has 0 saturated carbocycles. The first-order valence-electron chi connectivity index (χ1n) is 48.7. The normalized spacial score (nSPS) is 23.6. The number of alkyl carbamates (subject to hydrolysis) is 2. The Morgan fingerprint density at radius 3 is 1.20 bits per heavy atom. The Hall–Kier alpha value is -12.2. The molecule has 3 radical (unpaired) electrons. The molecule has 8 aromatic rings. The van der Waals surface area contributed by atoms with Crippen LogP contribution >= 0.6 is 8.53 Å². The van der Waals surface area contributed by atoms with Crippen molar-refractivity contribution in [3.63, 3.8) is 0 Å². The third-order valence-electron chi connectivity index (χ3n) is 21.7. The number of azide groups is 1. The number of nitrogens with two attached hydrogens (primary N) is 1. The molecular weight excluding hydrogens is 1870 g/mol. The van der Waals surface area contributed by atoms with Gasteiger partial charge in [-0.1, -0.05) is 102 Å². The van der Waals surface area contributed by atoms with Crippen molar-refractivity contribution in [3.05, 3.63) is 294 Å². The van der Waals surface area contributed by atoms with Crippen molar-refractivity contribution in [2.75, 3.05) is 94.2 Å². The van der Waals surface area contributed by atoms with Gasteiger partial charge in [0, 0.05) is 179 Å². The standard InChI is InChI=1S/C38H46N5O8P.C29H29N3O7.C12H17N5O5.C12H19N3O5.4CH4O.B/c1-24(2)43(25(3)4)52(48-21-18-39-7)51-33-27(6)49-36(42-23-26(5)35(44)41-37(42)45)34(33)47-20-19-40-38(46)50-32-22-30-14-9-8-12-28(30)16-17-29-13-10-11-15-31(29)32;1-17-16-32(28(35)31-26(17)34)27-25(24(33)18(2)38-27)37-14-13-30-29(36)39-23-15-21-9-4-3-7-19(21)11-12-20-8-5-6-10-22(20)23;1-6-5-17(12(20)15-10(6)19)11-9(8(18)7(2)22-11)21-4-3-14-16-13;1-6-5-15(12(18)14-10(6)17)11-9(19-4-3-13)8(16)7(2)20-11;4*1-2;/h8-15,23-25,27,32-34,36H,18-22H2,1-6H3,(H,40,46)(H,41,44,45);3-10,16,18,23-25,27,33H,13-15H2,1-2H3,(H,30,36)(H,31,34,35);5,7-9,11,18H,3-4H2,1-2H3,(H,15,19,20);5,7-9,11,16H,3-4,13H2,1-2H3,(H,14,17,18);4*2H,1H3;/t27-,32?,33?,34+,36-,52?;18-,23?,24?,25+,27-;2*7-,8?,9+,11-;;;;;/m1111...../s1/i6D;3*2D;4*2T;. The lowest BCUT2D eigenvalue weighted by atomic mass is 9.92. The minimum absolute atomic E-state index is 0. The second-order valence-electron chi connectivity index (χ2n) is 31.9. The Kier molecular flexibility index (Phi) is 43.9. The van der Waals surface area contributed by atoms with E-state index in [1.807, 2.05) is 125 Å². The molecule has 8 heterocycles. The Morgan fingerprint density at radius 2 is 0.852 bits per heavy atom. The zero-order valence-electron chi connectivity index (χ0n) is 88.5. The fraction of sp³-hybridized carbons (Fsp3) is 0.505. The van der Waals surface area contributed by atoms with Crippen LogP contribution in [0.5, 0.6) is 0 Å². The highest BCUT2D eigenvalue weighted by Gasteiger charge is 2.50. The van der Waals surface area contributed by atoms with Crippen LogP contribution < -0.4 is 61.4 Å². The summed E-state index contributed by atoms with van der Waals surface area (Å²) in [4.78, 5) is 137. The molecule has 4 aliphatic heterocycles. The predicted molar refractivity (Wildman–Crippen MR) is 522 cm³/mol. The molecule has 4 saturated heterocycles. The van der Waals surface area contributed by atoms with Gasteiger partial charge in [0.2, 0.25) is 12.3 Å². The number of nitrogens with one attached hydrogen (secondary N) is 6. The molecule has 2 amide bonds. The Balaban J connectivity index is 0.000000310. The summed E-state index contributed by atoms with van der Waals surface area (Å²) in [7, 11) is 3.39. The number of fused-ring (bicyclic) bond motifs is 4. The van der Waals surface area contributed by atoms with Gasteiger partial charge in [-0.2, -0.15) is 0 Å². The number of nitrogens with zero attached hydrogens (tertiary/aromatic N) is 9. The van der Waals surface area contributed by atoms with Crippen molar-refractivity contribution in [2.24, 2.45) is 10.8 Å². The highest BCUT2D eigenvalue weighted by molar-refractivity contribution is 7.44. The van der Waals surface area contributed by atoms with Crippen molar-refractivity contribution in [2.45, 2.75) is 218 Å². The quantitative estimate of drug-likeness (QED) is 0.00466. The van der Waals surface area contributed by atoms with E-state index in [9.17, 15) is 63.3 Å². The predicted octanol–water partition coefficient (Wildman–Crippen LogP) is 3.51. The van der Waals surface area contributed by atoms with E-state index in [-0.39, 0.29) is 125 Å². The molecule has 7 unspecified atom stereocenters. The van der Waals surface area contributed by atoms with Gasteiger partial charge < -0.3 is 113 Å². The van der Waals surface area contributed by atoms with Crippen LogP contribution in [0.3, 0.4) is 0 Å². The van der Waals surface area contributed by atoms with Crippen LogP contribution in [0.15, 0.2) is 165 Å². The summed E-state index contributed by atoms with van der Waals surface area (Å²) >= 11 is 0. The second-order valence-corrected chi connectivity index (χ2v) is 33.3. The van der Waals surface area contributed by atoms with Crippen LogP contribution in [0, 0.1) is 57.9 Å². The topological polar surface area (TPSA) is 612 Å². The number of benzene rings is 4. The molecule has 2 aliphatic carbocycles. The van der Waals surface area contributed by atoms with E-state index < -0.39 is 176 Å². The highest BCUT2D eigenvalue weighted by Crippen LogP contribution is 2.51. The minimum Gasteiger partial charge on any atom is -0.441 e. The van der Waals surface area contributed by atoms with Crippen LogP contribution in [-0.2, 0) is 69.3 Å². The zero-order chi connectivity index (χ0) is 110. The van der Waals surface area contributed by atoms with Gasteiger partial charge in [0.25, 0.3) is 30.8 Å². The number of rotatable bonds is 29. The van der Waals surface area contributed by atoms with Gasteiger partial charge in [0.05, 0.1) is 50.8 Å². The van der Waals surface area contributed by atoms with E-state index in [2.05, 4.69) is 94.2 Å². The maximum atomic E-state index is 13.2. The van der Waals surface area contributed by atoms with Crippen LogP contribution in [0.4, 0.5) is 9.59 Å². The lowest BCUT2D eigenvalue weighted by molar-refractivity contribution is -0.0684. The summed E-state index contributed by atoms with van der Waals surface area (Å²) < 4.78 is 131. The number of carbonyl (C=O) groups excluding carboxylic acids is 2. The average molecular weight is 2010 g/mol. The van der Waals surface area contributed by atoms with Crippen molar-refractivity contribution >= 4 is 29.1 Å². The number of H-pyrrole nitrogens is 4. The van der Waals surface area contributed by atoms with Gasteiger partial charge in [0.1, 0.15) is 67.6 Å². The third kappa shape index (κ3) is 31.6. The molecule has 0 bridgehead atoms. The first-order valence-corrected chi connectivity index (χ1v) is 45.4. The molecule has 0 spiro atoms. The van der Waals surface area contributed by atoms with E-state index in [0.717, 1.165) is 58.2 Å². The number of aryl methyl sites for hydroxylation is 4. The fourth-order valence-electron chi connectivity index (χ4n) is 15.1. The molecule has 14 rings (SSSR count). The fourth-order valence-corrected chi connectivity index (χ4v) is 16.9. The molecule has 142 heavy (non-hydrogen) atoms. The second kappa shape index (κ2) is 59.0. The molecule has 45 nitrogen and oxygen atoms in total. The smallest absolute Gasteiger partial charge is 0.407 e. The van der Waals surface area contributed by atoms with Crippen LogP contribution in [0.25, 0.3) is 15.3 Å². The van der Waals surface area contributed by atoms with Crippen molar-refractivity contribution in [3.8, 4) is 23.7 Å². The summed E-state index contributed by atoms with van der Waals surface area (Å²) in [6.45, 7) is 21.4. The molecule has 4 fully saturated rings. The maximum absolute atomic E-state index is 13.2. The molecule has 15 N–H and O–H groups in total. The van der Waals surface area contributed by atoms with Crippen molar-refractivity contribution in [1.29, 1.82) is 5.72 Å². The van der Waals surface area contributed by atoms with Crippen molar-refractivity contribution in [1.82, 2.24) is 53.5 Å². The summed E-state index contributed by atoms with van der Waals surface area (Å²) in [5.41, 5.74) is 16.9. The number of aromatic nitrogens is 8. The number of hydrogen-bond acceptors (Lipinski definition) is 32. The van der Waals surface area contributed by atoms with E-state index in [0.29, 0.717) is 24.0 Å². The van der Waals surface area contributed by atoms with E-state index >= 15 is 0 Å². The highest BCUT2D eigenvalue weighted by atomic mass is 31.2. The van der Waals surface area contributed by atoms with E-state index in [4.69, 9.17) is 85.5 Å². The van der Waals surface area contributed by atoms with Gasteiger partial charge in [-0.3, -0.25) is 57.4 Å². The summed E-state index contributed by atoms with van der Waals surface area (Å²) in [6.07, 6.45) is -11.5. The SMILES string of the molecule is [2H]C[C@H]1O[C@@H](n2cc(C)c(=O)[nH]c2=O)[C@@H](OCCN)C1O.[2H]C[C@H]1O[C@@H](n2cc(C)c(=O)[nH]c2=O)[C@@H](OCCN=[N+]=[N-])C1O.[2H]C[C@H]1O[C@@H](n2cc(C)c(=O)[nH]c2=O)[C@@H](OCCNC(=O)OC2Cc3ccccc3C#Cc3ccccc32)C1O.[2H]C[C@H]1O[C@@H](n2cc(C)c(=O)[nH]c2=O)[C@@H](OCCNC(=O)OC2Cc3ccccc3C#Cc3ccccc32)C1OP(OCC[N+]#[C-])N(C(C)C)C(C)C.[3H]OC.[3H]OC.[3H]OC.[3H]OC.[B]. The molecule has 47 heteroatoms. The van der Waals surface area contributed by atoms with Gasteiger partial charge >= 0.3 is 34.9 Å². The van der Waals surface area contributed by atoms with Gasteiger partial charge in [-0.05, 0) is 124 Å². The first kappa shape index (κ1) is 106. The summed E-state index contributed by atoms with van der Waals surface area (Å²) in [6, 6.07) is 30.7. The molecule has 4 aromatic carbocycles. The van der Waals surface area contributed by atoms with Crippen LogP contribution in [0.2, 0.25) is 0 Å². The number of hydrogen-bond donors (Lipinski definition) is 14. The number of aromatic amines is 4. The molecular formula is C95H127BN16O29P. The molecule has 769 valence electrons. The van der Waals surface area contributed by atoms with Gasteiger partial charge in [-0.15, -0.1) is 0 Å². The van der Waals surface area contributed by atoms with Crippen molar-refractivity contribution < 1.29 is 107 Å². The molecule has 6 aliphatic rings. The van der Waals surface area contributed by atoms with E-state index in [1.54, 1.807) is 13.8 Å². The zero-order valence-corrected chi connectivity index (χ0v) is 81.4. The monoisotopic (exact) mass is 2010 g/mol. The summed E-state index contributed by atoms with van der Waals surface area (Å²) in [5.74, 6) is 12.8. The lowest BCUT2D eigenvalue weighted by Crippen LogP contribution is -2.42. The lowest BCUT2D eigenvalue weighted by Gasteiger charge is -2.37.